The lowest BCUT2D eigenvalue weighted by molar-refractivity contribution is 0.0665. The van der Waals surface area contributed by atoms with E-state index in [1.807, 2.05) is 25.3 Å². The second kappa shape index (κ2) is 4.29. The summed E-state index contributed by atoms with van der Waals surface area (Å²) in [6.07, 6.45) is 0.173. The smallest absolute Gasteiger partial charge is 0.132 e. The summed E-state index contributed by atoms with van der Waals surface area (Å²) in [6, 6.07) is 5.16. The molecule has 1 nitrogen and oxygen atoms in total. The van der Waals surface area contributed by atoms with E-state index in [2.05, 4.69) is 0 Å². The van der Waals surface area contributed by atoms with Crippen molar-refractivity contribution in [2.24, 2.45) is 0 Å². The summed E-state index contributed by atoms with van der Waals surface area (Å²) < 4.78 is 20.0. The first-order chi connectivity index (χ1) is 7.18. The Hall–Kier alpha value is -0.930. The largest absolute Gasteiger partial charge is 0.374 e. The molecule has 0 bridgehead atoms. The van der Waals surface area contributed by atoms with Crippen molar-refractivity contribution in [1.82, 2.24) is 0 Å². The maximum atomic E-state index is 13.6. The zero-order chi connectivity index (χ0) is 10.8. The zero-order valence-electron chi connectivity index (χ0n) is 8.79. The molecule has 2 rings (SSSR count). The van der Waals surface area contributed by atoms with E-state index >= 15 is 0 Å². The van der Waals surface area contributed by atoms with E-state index in [1.54, 1.807) is 17.4 Å². The Morgan fingerprint density at radius 3 is 2.93 bits per heavy atom. The van der Waals surface area contributed by atoms with Gasteiger partial charge in [0.1, 0.15) is 5.82 Å². The summed E-state index contributed by atoms with van der Waals surface area (Å²) in [6.45, 7) is 4.44. The van der Waals surface area contributed by atoms with E-state index in [-0.39, 0.29) is 11.9 Å². The highest BCUT2D eigenvalue weighted by molar-refractivity contribution is 7.17. The van der Waals surface area contributed by atoms with E-state index in [9.17, 15) is 4.39 Å². The molecular formula is C12H13FOS. The molecule has 0 aliphatic rings. The Balaban J connectivity index is 2.35. The summed E-state index contributed by atoms with van der Waals surface area (Å²) in [5, 5.41) is 2.68. The minimum atomic E-state index is -0.156. The maximum Gasteiger partial charge on any atom is 0.132 e. The van der Waals surface area contributed by atoms with Crippen LogP contribution in [0.25, 0.3) is 10.1 Å². The summed E-state index contributed by atoms with van der Waals surface area (Å²) in [4.78, 5) is 0. The van der Waals surface area contributed by atoms with Crippen LogP contribution in [-0.2, 0) is 11.3 Å². The second-order valence-corrected chi connectivity index (χ2v) is 4.64. The van der Waals surface area contributed by atoms with Crippen LogP contribution < -0.4 is 0 Å². The molecule has 2 aromatic rings. The first-order valence-electron chi connectivity index (χ1n) is 4.94. The predicted octanol–water partition coefficient (Wildman–Crippen LogP) is 3.97. The van der Waals surface area contributed by atoms with Crippen LogP contribution in [0.15, 0.2) is 23.6 Å². The minimum Gasteiger partial charge on any atom is -0.374 e. The molecule has 0 aliphatic heterocycles. The van der Waals surface area contributed by atoms with Crippen LogP contribution in [-0.4, -0.2) is 6.10 Å². The Morgan fingerprint density at radius 2 is 2.20 bits per heavy atom. The van der Waals surface area contributed by atoms with E-state index in [0.29, 0.717) is 12.0 Å². The maximum absolute atomic E-state index is 13.6. The van der Waals surface area contributed by atoms with Gasteiger partial charge in [0.05, 0.1) is 12.7 Å². The number of thiophene rings is 1. The first-order valence-corrected chi connectivity index (χ1v) is 5.82. The Labute approximate surface area is 92.5 Å². The number of halogens is 1. The van der Waals surface area contributed by atoms with Crippen molar-refractivity contribution in [3.8, 4) is 0 Å². The molecule has 0 atom stereocenters. The topological polar surface area (TPSA) is 9.23 Å². The number of benzene rings is 1. The third kappa shape index (κ3) is 2.19. The number of fused-ring (bicyclic) bond motifs is 1. The summed E-state index contributed by atoms with van der Waals surface area (Å²) in [5.41, 5.74) is 0.946. The quantitative estimate of drug-likeness (QED) is 0.766. The lowest BCUT2D eigenvalue weighted by Gasteiger charge is -2.06. The van der Waals surface area contributed by atoms with Gasteiger partial charge in [-0.2, -0.15) is 0 Å². The molecule has 3 heteroatoms. The van der Waals surface area contributed by atoms with Gasteiger partial charge in [0.15, 0.2) is 0 Å². The van der Waals surface area contributed by atoms with Crippen molar-refractivity contribution in [1.29, 1.82) is 0 Å². The zero-order valence-corrected chi connectivity index (χ0v) is 9.60. The van der Waals surface area contributed by atoms with Crippen molar-refractivity contribution in [2.75, 3.05) is 0 Å². The standard InChI is InChI=1S/C12H13FOS/c1-8(2)14-6-9-7-15-11-5-3-4-10(13)12(9)11/h3-5,7-8H,6H2,1-2H3. The van der Waals surface area contributed by atoms with E-state index in [1.165, 1.54) is 6.07 Å². The predicted molar refractivity (Wildman–Crippen MR) is 61.7 cm³/mol. The molecule has 1 aromatic carbocycles. The van der Waals surface area contributed by atoms with Gasteiger partial charge in [0, 0.05) is 10.1 Å². The molecule has 0 spiro atoms. The number of hydrogen-bond donors (Lipinski definition) is 0. The van der Waals surface area contributed by atoms with Gasteiger partial charge in [-0.25, -0.2) is 4.39 Å². The Kier molecular flexibility index (Phi) is 3.03. The van der Waals surface area contributed by atoms with Gasteiger partial charge in [-0.05, 0) is 36.9 Å². The molecule has 1 aromatic heterocycles. The molecule has 0 unspecified atom stereocenters. The van der Waals surface area contributed by atoms with Gasteiger partial charge in [-0.1, -0.05) is 6.07 Å². The molecule has 15 heavy (non-hydrogen) atoms. The van der Waals surface area contributed by atoms with Crippen LogP contribution >= 0.6 is 11.3 Å². The van der Waals surface area contributed by atoms with Gasteiger partial charge in [0.25, 0.3) is 0 Å². The lowest BCUT2D eigenvalue weighted by atomic mass is 10.2. The molecule has 80 valence electrons. The van der Waals surface area contributed by atoms with Crippen LogP contribution in [0, 0.1) is 5.82 Å². The van der Waals surface area contributed by atoms with Gasteiger partial charge < -0.3 is 4.74 Å². The highest BCUT2D eigenvalue weighted by Crippen LogP contribution is 2.28. The van der Waals surface area contributed by atoms with Gasteiger partial charge in [-0.15, -0.1) is 11.3 Å². The SMILES string of the molecule is CC(C)OCc1csc2cccc(F)c12. The third-order valence-electron chi connectivity index (χ3n) is 2.20. The summed E-state index contributed by atoms with van der Waals surface area (Å²) in [5.74, 6) is -0.156. The molecule has 0 saturated heterocycles. The van der Waals surface area contributed by atoms with E-state index < -0.39 is 0 Å². The lowest BCUT2D eigenvalue weighted by Crippen LogP contribution is -2.01. The summed E-state index contributed by atoms with van der Waals surface area (Å²) >= 11 is 1.56. The fourth-order valence-electron chi connectivity index (χ4n) is 1.47. The summed E-state index contributed by atoms with van der Waals surface area (Å²) in [7, 11) is 0. The first kappa shape index (κ1) is 10.6. The van der Waals surface area contributed by atoms with Crippen LogP contribution in [0.3, 0.4) is 0 Å². The molecule has 0 radical (unpaired) electrons. The second-order valence-electron chi connectivity index (χ2n) is 3.73. The monoisotopic (exact) mass is 224 g/mol. The Morgan fingerprint density at radius 1 is 1.40 bits per heavy atom. The highest BCUT2D eigenvalue weighted by Gasteiger charge is 2.08. The van der Waals surface area contributed by atoms with Gasteiger partial charge in [-0.3, -0.25) is 0 Å². The molecular weight excluding hydrogens is 211 g/mol. The van der Waals surface area contributed by atoms with Crippen LogP contribution in [0.4, 0.5) is 4.39 Å². The van der Waals surface area contributed by atoms with Crippen LogP contribution in [0.2, 0.25) is 0 Å². The average molecular weight is 224 g/mol. The highest BCUT2D eigenvalue weighted by atomic mass is 32.1. The van der Waals surface area contributed by atoms with E-state index in [0.717, 1.165) is 10.3 Å². The van der Waals surface area contributed by atoms with Crippen molar-refractivity contribution in [3.63, 3.8) is 0 Å². The van der Waals surface area contributed by atoms with Crippen molar-refractivity contribution in [3.05, 3.63) is 35.0 Å². The van der Waals surface area contributed by atoms with Crippen molar-refractivity contribution >= 4 is 21.4 Å². The van der Waals surface area contributed by atoms with Crippen molar-refractivity contribution in [2.45, 2.75) is 26.6 Å². The Bertz CT molecular complexity index is 462. The fourth-order valence-corrected chi connectivity index (χ4v) is 2.43. The number of ether oxygens (including phenoxy) is 1. The van der Waals surface area contributed by atoms with E-state index in [4.69, 9.17) is 4.74 Å². The molecule has 1 heterocycles. The molecule has 0 saturated carbocycles. The van der Waals surface area contributed by atoms with Gasteiger partial charge >= 0.3 is 0 Å². The minimum absolute atomic E-state index is 0.156. The van der Waals surface area contributed by atoms with Crippen molar-refractivity contribution < 1.29 is 9.13 Å². The molecule has 0 aliphatic carbocycles. The molecule has 0 fully saturated rings. The normalized spacial score (nSPS) is 11.5. The van der Waals surface area contributed by atoms with Crippen LogP contribution in [0.1, 0.15) is 19.4 Å². The fraction of sp³-hybridized carbons (Fsp3) is 0.333. The number of hydrogen-bond acceptors (Lipinski definition) is 2. The number of rotatable bonds is 3. The molecule has 0 amide bonds. The van der Waals surface area contributed by atoms with Gasteiger partial charge in [0.2, 0.25) is 0 Å². The van der Waals surface area contributed by atoms with Crippen LogP contribution in [0.5, 0.6) is 0 Å². The third-order valence-corrected chi connectivity index (χ3v) is 3.19. The molecule has 0 N–H and O–H groups in total. The average Bonchev–Trinajstić information content (AvgIpc) is 2.59.